The summed E-state index contributed by atoms with van der Waals surface area (Å²) in [7, 11) is 0. The smallest absolute Gasteiger partial charge is 0.201 e. The topological polar surface area (TPSA) is 3.88 Å². The molecule has 382 valence electrons. The van der Waals surface area contributed by atoms with E-state index in [1.807, 2.05) is 48.8 Å². The maximum Gasteiger partial charge on any atom is 0.416 e. The second-order valence-electron chi connectivity index (χ2n) is 15.4. The van der Waals surface area contributed by atoms with Crippen LogP contribution in [0.3, 0.4) is 0 Å². The molecule has 27 heteroatoms. The maximum atomic E-state index is 14.2. The third-order valence-corrected chi connectivity index (χ3v) is 10.7. The number of hydrogen-bond acceptors (Lipinski definition) is 0. The number of hydrogen-bond donors (Lipinski definition) is 0. The van der Waals surface area contributed by atoms with Crippen LogP contribution in [0.25, 0.3) is 0 Å². The molecule has 71 heavy (non-hydrogen) atoms. The molecule has 6 rings (SSSR count). The van der Waals surface area contributed by atoms with Gasteiger partial charge in [0, 0.05) is 22.7 Å². The first kappa shape index (κ1) is 55.8. The number of pyridine rings is 1. The minimum atomic E-state index is -6.13. The summed E-state index contributed by atoms with van der Waals surface area (Å²) in [4.78, 5) is 0. The first-order valence-corrected chi connectivity index (χ1v) is 19.5. The summed E-state index contributed by atoms with van der Waals surface area (Å²) < 4.78 is 343. The Hall–Kier alpha value is -6.08. The minimum absolute atomic E-state index is 0.691. The Morgan fingerprint density at radius 1 is 0.310 bits per heavy atom. The van der Waals surface area contributed by atoms with Crippen molar-refractivity contribution in [2.45, 2.75) is 56.0 Å². The highest BCUT2D eigenvalue weighted by atomic mass is 35.5. The van der Waals surface area contributed by atoms with Crippen LogP contribution in [0.15, 0.2) is 128 Å². The van der Waals surface area contributed by atoms with Crippen LogP contribution in [0.4, 0.5) is 105 Å². The lowest BCUT2D eigenvalue weighted by Gasteiger charge is -2.46. The number of halogens is 25. The Morgan fingerprint density at radius 2 is 0.549 bits per heavy atom. The SMILES string of the molecule is Clc1cccc(C[n+]2ccccc2)c1.FC(F)(F)c1cc([B-](c2cc(C(F)(F)F)cc(C(F)(F)F)c2)(c2cc(C(F)(F)F)cc(C(F)(F)F)c2)c2cc(C(F)(F)F)cc(C(F)(F)F)c2)cc(C(F)(F)F)c1. The Balaban J connectivity index is 0.000000569. The Labute approximate surface area is 387 Å². The van der Waals surface area contributed by atoms with Gasteiger partial charge < -0.3 is 0 Å². The predicted octanol–water partition coefficient (Wildman–Crippen LogP) is 13.9. The lowest BCUT2D eigenvalue weighted by molar-refractivity contribution is -0.688. The Bertz CT molecular complexity index is 2410. The fourth-order valence-corrected chi connectivity index (χ4v) is 7.67. The summed E-state index contributed by atoms with van der Waals surface area (Å²) in [6, 6.07) is 5.16. The van der Waals surface area contributed by atoms with E-state index in [4.69, 9.17) is 11.6 Å². The van der Waals surface area contributed by atoms with Crippen molar-refractivity contribution >= 4 is 39.6 Å². The van der Waals surface area contributed by atoms with Gasteiger partial charge in [-0.1, -0.05) is 78.3 Å². The molecule has 0 amide bonds. The molecule has 0 bridgehead atoms. The second-order valence-corrected chi connectivity index (χ2v) is 15.8. The van der Waals surface area contributed by atoms with Crippen molar-refractivity contribution in [3.05, 3.63) is 183 Å². The van der Waals surface area contributed by atoms with E-state index in [0.29, 0.717) is 0 Å². The number of rotatable bonds is 6. The molecule has 1 aromatic heterocycles. The van der Waals surface area contributed by atoms with Crippen LogP contribution in [0.2, 0.25) is 5.02 Å². The van der Waals surface area contributed by atoms with E-state index in [1.54, 1.807) is 0 Å². The third kappa shape index (κ3) is 13.3. The summed E-state index contributed by atoms with van der Waals surface area (Å²) >= 11 is 5.90. The molecule has 0 unspecified atom stereocenters. The summed E-state index contributed by atoms with van der Waals surface area (Å²) in [5.74, 6) is 0. The van der Waals surface area contributed by atoms with E-state index in [2.05, 4.69) is 10.6 Å². The number of benzene rings is 5. The molecular formula is C44H23BClF24N. The van der Waals surface area contributed by atoms with Crippen LogP contribution in [0, 0.1) is 0 Å². The summed E-state index contributed by atoms with van der Waals surface area (Å²) in [6.45, 7) is 0.862. The van der Waals surface area contributed by atoms with Crippen LogP contribution in [0.1, 0.15) is 50.1 Å². The maximum absolute atomic E-state index is 14.2. The number of aromatic nitrogens is 1. The van der Waals surface area contributed by atoms with Gasteiger partial charge in [0.1, 0.15) is 6.15 Å². The van der Waals surface area contributed by atoms with Gasteiger partial charge in [-0.2, -0.15) is 127 Å². The molecule has 0 atom stereocenters. The number of nitrogens with zero attached hydrogens (tertiary/aromatic N) is 1. The van der Waals surface area contributed by atoms with Gasteiger partial charge >= 0.3 is 49.4 Å². The van der Waals surface area contributed by atoms with Gasteiger partial charge in [0.05, 0.1) is 44.5 Å². The first-order valence-electron chi connectivity index (χ1n) is 19.1. The zero-order valence-electron chi connectivity index (χ0n) is 34.3. The van der Waals surface area contributed by atoms with Crippen molar-refractivity contribution in [1.29, 1.82) is 0 Å². The van der Waals surface area contributed by atoms with E-state index >= 15 is 0 Å². The quantitative estimate of drug-likeness (QED) is 0.0889. The van der Waals surface area contributed by atoms with Gasteiger partial charge in [-0.25, -0.2) is 4.57 Å². The van der Waals surface area contributed by atoms with Gasteiger partial charge in [-0.15, -0.1) is 0 Å². The monoisotopic (exact) mass is 1070 g/mol. The van der Waals surface area contributed by atoms with Gasteiger partial charge in [-0.3, -0.25) is 0 Å². The molecule has 0 spiro atoms. The lowest BCUT2D eigenvalue weighted by atomic mass is 9.12. The largest absolute Gasteiger partial charge is 0.416 e. The molecular weight excluding hydrogens is 1040 g/mol. The van der Waals surface area contributed by atoms with Crippen molar-refractivity contribution in [3.8, 4) is 0 Å². The van der Waals surface area contributed by atoms with Crippen molar-refractivity contribution < 1.29 is 110 Å². The molecule has 0 aliphatic rings. The molecule has 0 aliphatic heterocycles. The van der Waals surface area contributed by atoms with E-state index in [9.17, 15) is 105 Å². The van der Waals surface area contributed by atoms with Gasteiger partial charge in [0.2, 0.25) is 0 Å². The third-order valence-electron chi connectivity index (χ3n) is 10.5. The van der Waals surface area contributed by atoms with E-state index in [0.717, 1.165) is 11.6 Å². The molecule has 0 N–H and O–H groups in total. The van der Waals surface area contributed by atoms with Crippen molar-refractivity contribution in [2.75, 3.05) is 0 Å². The average Bonchev–Trinajstić information content (AvgIpc) is 3.22. The summed E-state index contributed by atoms with van der Waals surface area (Å²) in [6.07, 6.45) is -50.7. The highest BCUT2D eigenvalue weighted by molar-refractivity contribution is 7.20. The molecule has 1 nitrogen and oxygen atoms in total. The molecule has 0 saturated heterocycles. The molecule has 6 aromatic rings. The van der Waals surface area contributed by atoms with Crippen LogP contribution in [-0.2, 0) is 56.0 Å². The molecule has 0 saturated carbocycles. The normalized spacial score (nSPS) is 13.5. The van der Waals surface area contributed by atoms with E-state index in [-0.39, 0.29) is 0 Å². The summed E-state index contributed by atoms with van der Waals surface area (Å²) in [5.41, 5.74) is -29.0. The fourth-order valence-electron chi connectivity index (χ4n) is 7.46. The Morgan fingerprint density at radius 3 is 0.761 bits per heavy atom. The van der Waals surface area contributed by atoms with Gasteiger partial charge in [0.15, 0.2) is 18.9 Å². The average molecular weight is 1070 g/mol. The van der Waals surface area contributed by atoms with Crippen LogP contribution in [-0.4, -0.2) is 6.15 Å². The number of alkyl halides is 24. The van der Waals surface area contributed by atoms with Gasteiger partial charge in [0.25, 0.3) is 0 Å². The Kier molecular flexibility index (Phi) is 15.1. The first-order chi connectivity index (χ1) is 32.1. The second kappa shape index (κ2) is 19.2. The standard InChI is InChI=1S/C32H12BF24.C12H11ClN/c34-25(35,36)13-1-14(26(37,38)39)6-21(5-13)33(22-7-15(27(40,41)42)2-16(8-22)28(43,44)45,23-9-17(29(46,47)48)3-18(10-23)30(49,50)51)24-11-19(31(52,53)54)4-20(12-24)32(55,56)57;13-12-6-4-5-11(9-12)10-14-7-2-1-3-8-14/h1-12H;1-9H,10H2/q-1;+1. The predicted molar refractivity (Wildman–Crippen MR) is 207 cm³/mol. The zero-order valence-corrected chi connectivity index (χ0v) is 35.1. The van der Waals surface area contributed by atoms with Crippen LogP contribution >= 0.6 is 11.6 Å². The van der Waals surface area contributed by atoms with Crippen LogP contribution < -0.4 is 26.4 Å². The van der Waals surface area contributed by atoms with Gasteiger partial charge in [-0.05, 0) is 36.4 Å². The van der Waals surface area contributed by atoms with E-state index < -0.39 is 195 Å². The molecule has 5 aromatic carbocycles. The molecule has 0 aliphatic carbocycles. The molecule has 0 fully saturated rings. The molecule has 1 heterocycles. The van der Waals surface area contributed by atoms with Crippen LogP contribution in [0.5, 0.6) is 0 Å². The lowest BCUT2D eigenvalue weighted by Crippen LogP contribution is -2.75. The minimum Gasteiger partial charge on any atom is -0.201 e. The van der Waals surface area contributed by atoms with Crippen molar-refractivity contribution in [3.63, 3.8) is 0 Å². The highest BCUT2D eigenvalue weighted by Crippen LogP contribution is 2.41. The van der Waals surface area contributed by atoms with E-state index in [1.165, 1.54) is 5.56 Å². The summed E-state index contributed by atoms with van der Waals surface area (Å²) in [5, 5.41) is 0.791. The highest BCUT2D eigenvalue weighted by Gasteiger charge is 2.47. The zero-order chi connectivity index (χ0) is 53.7. The van der Waals surface area contributed by atoms with Crippen molar-refractivity contribution in [1.82, 2.24) is 0 Å². The van der Waals surface area contributed by atoms with Crippen molar-refractivity contribution in [2.24, 2.45) is 0 Å². The molecule has 0 radical (unpaired) electrons. The fraction of sp³-hybridized carbons (Fsp3) is 0.205.